The molecule has 1 N–H and O–H groups in total. The fourth-order valence-corrected chi connectivity index (χ4v) is 7.28. The highest BCUT2D eigenvalue weighted by Crippen LogP contribution is 2.66. The smallest absolute Gasteiger partial charge is 0.158 e. The molecule has 132 valence electrons. The first-order chi connectivity index (χ1) is 11.3. The van der Waals surface area contributed by atoms with Crippen LogP contribution in [0.15, 0.2) is 11.6 Å². The third-order valence-corrected chi connectivity index (χ3v) is 8.56. The second-order valence-corrected chi connectivity index (χ2v) is 9.34. The number of carbonyl (C=O) groups is 2. The molecule has 0 aromatic heterocycles. The van der Waals surface area contributed by atoms with E-state index in [0.717, 1.165) is 38.5 Å². The third kappa shape index (κ3) is 2.00. The molecule has 7 atom stereocenters. The van der Waals surface area contributed by atoms with Crippen LogP contribution in [0.5, 0.6) is 0 Å². The quantitative estimate of drug-likeness (QED) is 0.797. The van der Waals surface area contributed by atoms with Gasteiger partial charge in [-0.2, -0.15) is 0 Å². The molecule has 3 nitrogen and oxygen atoms in total. The van der Waals surface area contributed by atoms with Crippen molar-refractivity contribution in [2.24, 2.45) is 34.5 Å². The predicted molar refractivity (Wildman–Crippen MR) is 92.3 cm³/mol. The van der Waals surface area contributed by atoms with Crippen molar-refractivity contribution in [3.63, 3.8) is 0 Å². The normalized spacial score (nSPS) is 50.6. The first-order valence-electron chi connectivity index (χ1n) is 9.71. The van der Waals surface area contributed by atoms with Gasteiger partial charge in [-0.3, -0.25) is 9.59 Å². The van der Waals surface area contributed by atoms with Crippen molar-refractivity contribution in [2.75, 3.05) is 0 Å². The van der Waals surface area contributed by atoms with Gasteiger partial charge < -0.3 is 5.11 Å². The second kappa shape index (κ2) is 5.27. The number of Topliss-reactive ketones (excluding diaryl/α,β-unsaturated/α-hetero) is 1. The van der Waals surface area contributed by atoms with Gasteiger partial charge in [0.05, 0.1) is 6.10 Å². The van der Waals surface area contributed by atoms with Gasteiger partial charge in [-0.25, -0.2) is 0 Å². The molecule has 0 heterocycles. The summed E-state index contributed by atoms with van der Waals surface area (Å²) in [5.74, 6) is 2.35. The van der Waals surface area contributed by atoms with Crippen LogP contribution in [-0.2, 0) is 9.59 Å². The lowest BCUT2D eigenvalue weighted by Crippen LogP contribution is -2.55. The maximum absolute atomic E-state index is 12.2. The highest BCUT2D eigenvalue weighted by Gasteiger charge is 2.61. The summed E-state index contributed by atoms with van der Waals surface area (Å²) in [7, 11) is 0. The van der Waals surface area contributed by atoms with Gasteiger partial charge in [0.25, 0.3) is 0 Å². The van der Waals surface area contributed by atoms with E-state index >= 15 is 0 Å². The summed E-state index contributed by atoms with van der Waals surface area (Å²) in [6.07, 6.45) is 8.02. The van der Waals surface area contributed by atoms with Crippen LogP contribution in [-0.4, -0.2) is 22.8 Å². The summed E-state index contributed by atoms with van der Waals surface area (Å²) in [4.78, 5) is 24.1. The maximum atomic E-state index is 12.2. The fourth-order valence-electron chi connectivity index (χ4n) is 7.28. The number of hydrogen-bond donors (Lipinski definition) is 1. The van der Waals surface area contributed by atoms with E-state index in [1.165, 1.54) is 5.57 Å². The van der Waals surface area contributed by atoms with Gasteiger partial charge in [0.2, 0.25) is 0 Å². The zero-order chi connectivity index (χ0) is 17.3. The average molecular weight is 330 g/mol. The standard InChI is InChI=1S/C21H30O3/c1-12(22)16-6-7-17-15-5-4-13-10-14(23)11-19(24)21(13,3)18(15)8-9-20(16,17)2/h10,15-19,24H,4-9,11H2,1-3H3/t15-,16?,17-,18-,19?,20+,21-/m0/s1. The molecule has 3 fully saturated rings. The van der Waals surface area contributed by atoms with E-state index in [4.69, 9.17) is 0 Å². The molecule has 0 spiro atoms. The number of carbonyl (C=O) groups excluding carboxylic acids is 2. The Morgan fingerprint density at radius 2 is 1.92 bits per heavy atom. The zero-order valence-electron chi connectivity index (χ0n) is 15.2. The molecule has 4 aliphatic rings. The van der Waals surface area contributed by atoms with E-state index in [1.54, 1.807) is 6.92 Å². The van der Waals surface area contributed by atoms with Crippen molar-refractivity contribution in [3.8, 4) is 0 Å². The largest absolute Gasteiger partial charge is 0.392 e. The summed E-state index contributed by atoms with van der Waals surface area (Å²) < 4.78 is 0. The maximum Gasteiger partial charge on any atom is 0.158 e. The van der Waals surface area contributed by atoms with Crippen molar-refractivity contribution < 1.29 is 14.7 Å². The number of rotatable bonds is 1. The molecule has 0 aromatic rings. The topological polar surface area (TPSA) is 54.4 Å². The highest BCUT2D eigenvalue weighted by atomic mass is 16.3. The second-order valence-electron chi connectivity index (χ2n) is 9.34. The molecule has 3 saturated carbocycles. The van der Waals surface area contributed by atoms with E-state index in [9.17, 15) is 14.7 Å². The van der Waals surface area contributed by atoms with E-state index in [-0.39, 0.29) is 29.0 Å². The number of aliphatic hydroxyl groups is 1. The summed E-state index contributed by atoms with van der Waals surface area (Å²) in [5, 5.41) is 10.8. The number of ketones is 2. The van der Waals surface area contributed by atoms with Crippen LogP contribution in [0.4, 0.5) is 0 Å². The van der Waals surface area contributed by atoms with E-state index in [1.807, 2.05) is 6.08 Å². The third-order valence-electron chi connectivity index (χ3n) is 8.56. The molecule has 4 rings (SSSR count). The van der Waals surface area contributed by atoms with Crippen molar-refractivity contribution in [2.45, 2.75) is 71.8 Å². The molecule has 0 bridgehead atoms. The number of aliphatic hydroxyl groups excluding tert-OH is 1. The molecule has 0 radical (unpaired) electrons. The van der Waals surface area contributed by atoms with E-state index in [2.05, 4.69) is 13.8 Å². The Morgan fingerprint density at radius 3 is 2.62 bits per heavy atom. The lowest BCUT2D eigenvalue weighted by molar-refractivity contribution is -0.134. The summed E-state index contributed by atoms with van der Waals surface area (Å²) >= 11 is 0. The van der Waals surface area contributed by atoms with Crippen molar-refractivity contribution in [3.05, 3.63) is 11.6 Å². The highest BCUT2D eigenvalue weighted by molar-refractivity contribution is 5.92. The first kappa shape index (κ1) is 16.5. The number of fused-ring (bicyclic) bond motifs is 5. The monoisotopic (exact) mass is 330 g/mol. The molecule has 0 aromatic carbocycles. The van der Waals surface area contributed by atoms with E-state index < -0.39 is 6.10 Å². The van der Waals surface area contributed by atoms with Crippen LogP contribution < -0.4 is 0 Å². The van der Waals surface area contributed by atoms with Crippen LogP contribution in [0.2, 0.25) is 0 Å². The van der Waals surface area contributed by atoms with Crippen molar-refractivity contribution in [1.29, 1.82) is 0 Å². The van der Waals surface area contributed by atoms with Crippen LogP contribution in [0.1, 0.15) is 65.7 Å². The molecule has 4 aliphatic carbocycles. The average Bonchev–Trinajstić information content (AvgIpc) is 2.86. The molecule has 0 amide bonds. The molecule has 3 heteroatoms. The van der Waals surface area contributed by atoms with E-state index in [0.29, 0.717) is 23.5 Å². The Morgan fingerprint density at radius 1 is 1.17 bits per heavy atom. The minimum atomic E-state index is -0.535. The Kier molecular flexibility index (Phi) is 3.62. The van der Waals surface area contributed by atoms with Gasteiger partial charge in [0, 0.05) is 17.8 Å². The lowest BCUT2D eigenvalue weighted by atomic mass is 9.46. The zero-order valence-corrected chi connectivity index (χ0v) is 15.2. The molecular formula is C21H30O3. The minimum absolute atomic E-state index is 0.0894. The molecular weight excluding hydrogens is 300 g/mol. The Hall–Kier alpha value is -0.960. The van der Waals surface area contributed by atoms with Gasteiger partial charge in [-0.1, -0.05) is 19.4 Å². The molecule has 24 heavy (non-hydrogen) atoms. The van der Waals surface area contributed by atoms with Gasteiger partial charge in [0.1, 0.15) is 5.78 Å². The fraction of sp³-hybridized carbons (Fsp3) is 0.810. The summed E-state index contributed by atoms with van der Waals surface area (Å²) in [6, 6.07) is 0. The van der Waals surface area contributed by atoms with Gasteiger partial charge >= 0.3 is 0 Å². The van der Waals surface area contributed by atoms with Gasteiger partial charge in [0.15, 0.2) is 5.78 Å². The van der Waals surface area contributed by atoms with Crippen LogP contribution >= 0.6 is 0 Å². The molecule has 2 unspecified atom stereocenters. The van der Waals surface area contributed by atoms with Gasteiger partial charge in [-0.15, -0.1) is 0 Å². The first-order valence-corrected chi connectivity index (χ1v) is 9.71. The Bertz CT molecular complexity index is 621. The Balaban J connectivity index is 1.70. The Labute approximate surface area is 144 Å². The van der Waals surface area contributed by atoms with Crippen LogP contribution in [0.25, 0.3) is 0 Å². The van der Waals surface area contributed by atoms with Crippen molar-refractivity contribution >= 4 is 11.6 Å². The SMILES string of the molecule is CC(=O)C1CC[C@H]2[C@@H]3CCC4=CC(=O)CC(O)[C@]4(C)[C@H]3CC[C@]12C. The van der Waals surface area contributed by atoms with Crippen molar-refractivity contribution in [1.82, 2.24) is 0 Å². The predicted octanol–water partition coefficient (Wildman–Crippen LogP) is 3.69. The van der Waals surface area contributed by atoms with Crippen LogP contribution in [0, 0.1) is 34.5 Å². The van der Waals surface area contributed by atoms with Crippen LogP contribution in [0.3, 0.4) is 0 Å². The summed E-state index contributed by atoms with van der Waals surface area (Å²) in [6.45, 7) is 6.32. The minimum Gasteiger partial charge on any atom is -0.392 e. The van der Waals surface area contributed by atoms with Gasteiger partial charge in [-0.05, 0) is 74.7 Å². The molecule has 0 aliphatic heterocycles. The summed E-state index contributed by atoms with van der Waals surface area (Å²) in [5.41, 5.74) is 1.11. The lowest BCUT2D eigenvalue weighted by Gasteiger charge is -2.59. The number of hydrogen-bond acceptors (Lipinski definition) is 3. The molecule has 0 saturated heterocycles.